The van der Waals surface area contributed by atoms with Crippen LogP contribution in [0, 0.1) is 6.92 Å². The molecule has 0 saturated carbocycles. The average molecular weight is 307 g/mol. The van der Waals surface area contributed by atoms with E-state index in [1.807, 2.05) is 26.4 Å². The smallest absolute Gasteiger partial charge is 0.191 e. The standard InChI is InChI=1S/C16H29N5O/c1-14-18-9-11-21(14)10-5-4-8-19-15(17-3)20-13-16(2)7-6-12-22-16/h9,11H,4-8,10,12-13H2,1-3H3,(H2,17,19,20). The van der Waals surface area contributed by atoms with E-state index in [1.54, 1.807) is 0 Å². The molecule has 0 amide bonds. The maximum Gasteiger partial charge on any atom is 0.191 e. The lowest BCUT2D eigenvalue weighted by molar-refractivity contribution is 0.0243. The minimum atomic E-state index is -0.0451. The lowest BCUT2D eigenvalue weighted by atomic mass is 10.0. The number of aryl methyl sites for hydroxylation is 2. The lowest BCUT2D eigenvalue weighted by Gasteiger charge is -2.24. The summed E-state index contributed by atoms with van der Waals surface area (Å²) in [6, 6.07) is 0. The minimum Gasteiger partial charge on any atom is -0.373 e. The molecule has 1 fully saturated rings. The molecule has 1 saturated heterocycles. The van der Waals surface area contributed by atoms with E-state index in [0.29, 0.717) is 0 Å². The van der Waals surface area contributed by atoms with Gasteiger partial charge in [0.25, 0.3) is 0 Å². The van der Waals surface area contributed by atoms with Crippen LogP contribution in [-0.2, 0) is 11.3 Å². The SMILES string of the molecule is CN=C(NCCCCn1ccnc1C)NCC1(C)CCCO1. The maximum absolute atomic E-state index is 5.78. The molecule has 1 aliphatic rings. The minimum absolute atomic E-state index is 0.0451. The van der Waals surface area contributed by atoms with Gasteiger partial charge < -0.3 is 19.9 Å². The van der Waals surface area contributed by atoms with Gasteiger partial charge in [0.1, 0.15) is 5.82 Å². The summed E-state index contributed by atoms with van der Waals surface area (Å²) in [6.45, 7) is 7.82. The van der Waals surface area contributed by atoms with E-state index in [1.165, 1.54) is 0 Å². The van der Waals surface area contributed by atoms with Crippen molar-refractivity contribution in [2.75, 3.05) is 26.7 Å². The van der Waals surface area contributed by atoms with Crippen molar-refractivity contribution in [1.82, 2.24) is 20.2 Å². The van der Waals surface area contributed by atoms with Gasteiger partial charge in [-0.1, -0.05) is 0 Å². The molecule has 6 heteroatoms. The van der Waals surface area contributed by atoms with Gasteiger partial charge in [0.15, 0.2) is 5.96 Å². The molecular formula is C16H29N5O. The quantitative estimate of drug-likeness (QED) is 0.457. The summed E-state index contributed by atoms with van der Waals surface area (Å²) >= 11 is 0. The summed E-state index contributed by atoms with van der Waals surface area (Å²) < 4.78 is 7.96. The van der Waals surface area contributed by atoms with Crippen molar-refractivity contribution in [3.8, 4) is 0 Å². The first-order valence-electron chi connectivity index (χ1n) is 8.19. The second kappa shape index (κ2) is 8.17. The van der Waals surface area contributed by atoms with Crippen molar-refractivity contribution in [2.45, 2.75) is 51.7 Å². The molecule has 0 radical (unpaired) electrons. The van der Waals surface area contributed by atoms with Crippen molar-refractivity contribution < 1.29 is 4.74 Å². The molecule has 1 aromatic rings. The van der Waals surface area contributed by atoms with Gasteiger partial charge in [-0.15, -0.1) is 0 Å². The van der Waals surface area contributed by atoms with Gasteiger partial charge in [0.05, 0.1) is 5.60 Å². The van der Waals surface area contributed by atoms with E-state index in [-0.39, 0.29) is 5.60 Å². The Kier molecular flexibility index (Phi) is 6.24. The highest BCUT2D eigenvalue weighted by Crippen LogP contribution is 2.23. The van der Waals surface area contributed by atoms with Crippen molar-refractivity contribution in [1.29, 1.82) is 0 Å². The zero-order valence-electron chi connectivity index (χ0n) is 14.1. The molecule has 1 atom stereocenters. The van der Waals surface area contributed by atoms with Crippen LogP contribution in [-0.4, -0.2) is 47.9 Å². The monoisotopic (exact) mass is 307 g/mol. The van der Waals surface area contributed by atoms with Gasteiger partial charge in [-0.25, -0.2) is 4.98 Å². The summed E-state index contributed by atoms with van der Waals surface area (Å²) in [5.41, 5.74) is -0.0451. The van der Waals surface area contributed by atoms with Gasteiger partial charge in [0.2, 0.25) is 0 Å². The topological polar surface area (TPSA) is 63.5 Å². The molecule has 0 bridgehead atoms. The maximum atomic E-state index is 5.78. The molecule has 2 heterocycles. The summed E-state index contributed by atoms with van der Waals surface area (Å²) in [4.78, 5) is 8.50. The lowest BCUT2D eigenvalue weighted by Crippen LogP contribution is -2.45. The first-order chi connectivity index (χ1) is 10.6. The molecule has 124 valence electrons. The molecule has 1 unspecified atom stereocenters. The summed E-state index contributed by atoms with van der Waals surface area (Å²) in [5.74, 6) is 1.94. The Morgan fingerprint density at radius 1 is 1.45 bits per heavy atom. The number of nitrogens with one attached hydrogen (secondary N) is 2. The molecule has 1 aromatic heterocycles. The molecule has 2 N–H and O–H groups in total. The van der Waals surface area contributed by atoms with Crippen molar-refractivity contribution >= 4 is 5.96 Å². The number of aromatic nitrogens is 2. The largest absolute Gasteiger partial charge is 0.373 e. The Morgan fingerprint density at radius 3 is 2.95 bits per heavy atom. The van der Waals surface area contributed by atoms with E-state index in [4.69, 9.17) is 4.74 Å². The highest BCUT2D eigenvalue weighted by Gasteiger charge is 2.29. The van der Waals surface area contributed by atoms with Crippen LogP contribution in [0.5, 0.6) is 0 Å². The van der Waals surface area contributed by atoms with Crippen LogP contribution in [0.3, 0.4) is 0 Å². The Bertz CT molecular complexity index is 477. The molecule has 22 heavy (non-hydrogen) atoms. The molecule has 0 spiro atoms. The average Bonchev–Trinajstić information content (AvgIpc) is 3.11. The van der Waals surface area contributed by atoms with Gasteiger partial charge in [-0.2, -0.15) is 0 Å². The highest BCUT2D eigenvalue weighted by molar-refractivity contribution is 5.79. The van der Waals surface area contributed by atoms with Crippen molar-refractivity contribution in [3.05, 3.63) is 18.2 Å². The zero-order valence-corrected chi connectivity index (χ0v) is 14.1. The number of nitrogens with zero attached hydrogens (tertiary/aromatic N) is 3. The van der Waals surface area contributed by atoms with Gasteiger partial charge in [-0.05, 0) is 39.5 Å². The first-order valence-corrected chi connectivity index (χ1v) is 8.19. The number of rotatable bonds is 7. The van der Waals surface area contributed by atoms with E-state index in [9.17, 15) is 0 Å². The van der Waals surface area contributed by atoms with Gasteiger partial charge in [0, 0.05) is 45.7 Å². The Labute approximate surface area is 133 Å². The predicted octanol–water partition coefficient (Wildman–Crippen LogP) is 1.71. The molecule has 0 aromatic carbocycles. The Morgan fingerprint density at radius 2 is 2.32 bits per heavy atom. The Hall–Kier alpha value is -1.56. The van der Waals surface area contributed by atoms with Crippen LogP contribution >= 0.6 is 0 Å². The van der Waals surface area contributed by atoms with E-state index >= 15 is 0 Å². The number of hydrogen-bond acceptors (Lipinski definition) is 3. The molecule has 0 aliphatic carbocycles. The van der Waals surface area contributed by atoms with E-state index in [0.717, 1.165) is 63.7 Å². The fraction of sp³-hybridized carbons (Fsp3) is 0.750. The number of guanidine groups is 1. The molecular weight excluding hydrogens is 278 g/mol. The third-order valence-corrected chi connectivity index (χ3v) is 4.20. The number of ether oxygens (including phenoxy) is 1. The van der Waals surface area contributed by atoms with Gasteiger partial charge in [-0.3, -0.25) is 4.99 Å². The Balaban J connectivity index is 1.59. The van der Waals surface area contributed by atoms with E-state index in [2.05, 4.69) is 32.1 Å². The number of hydrogen-bond donors (Lipinski definition) is 2. The number of unbranched alkanes of at least 4 members (excludes halogenated alkanes) is 1. The van der Waals surface area contributed by atoms with Crippen LogP contribution in [0.1, 0.15) is 38.4 Å². The van der Waals surface area contributed by atoms with Crippen LogP contribution in [0.4, 0.5) is 0 Å². The summed E-state index contributed by atoms with van der Waals surface area (Å²) in [6.07, 6.45) is 8.38. The fourth-order valence-electron chi connectivity index (χ4n) is 2.72. The third kappa shape index (κ3) is 5.02. The zero-order chi connectivity index (χ0) is 15.8. The molecule has 1 aliphatic heterocycles. The number of aliphatic imine (C=N–C) groups is 1. The number of imidazole rings is 1. The van der Waals surface area contributed by atoms with Crippen LogP contribution in [0.25, 0.3) is 0 Å². The second-order valence-electron chi connectivity index (χ2n) is 6.13. The first kappa shape index (κ1) is 16.8. The van der Waals surface area contributed by atoms with Crippen LogP contribution < -0.4 is 10.6 Å². The van der Waals surface area contributed by atoms with Crippen molar-refractivity contribution in [2.24, 2.45) is 4.99 Å². The van der Waals surface area contributed by atoms with Crippen molar-refractivity contribution in [3.63, 3.8) is 0 Å². The molecule has 2 rings (SSSR count). The second-order valence-corrected chi connectivity index (χ2v) is 6.13. The normalized spacial score (nSPS) is 22.0. The fourth-order valence-corrected chi connectivity index (χ4v) is 2.72. The van der Waals surface area contributed by atoms with E-state index < -0.39 is 0 Å². The predicted molar refractivity (Wildman–Crippen MR) is 89.2 cm³/mol. The summed E-state index contributed by atoms with van der Waals surface area (Å²) in [5, 5.41) is 6.73. The third-order valence-electron chi connectivity index (χ3n) is 4.20. The summed E-state index contributed by atoms with van der Waals surface area (Å²) in [7, 11) is 1.81. The highest BCUT2D eigenvalue weighted by atomic mass is 16.5. The van der Waals surface area contributed by atoms with Crippen LogP contribution in [0.2, 0.25) is 0 Å². The van der Waals surface area contributed by atoms with Gasteiger partial charge >= 0.3 is 0 Å². The van der Waals surface area contributed by atoms with Crippen LogP contribution in [0.15, 0.2) is 17.4 Å². The molecule has 6 nitrogen and oxygen atoms in total.